The summed E-state index contributed by atoms with van der Waals surface area (Å²) in [4.78, 5) is 4.86. The Labute approximate surface area is 184 Å². The Morgan fingerprint density at radius 2 is 1.17 bits per heavy atom. The molecule has 0 unspecified atom stereocenters. The molecular weight excluding hydrogens is 366 g/mol. The van der Waals surface area contributed by atoms with Crippen molar-refractivity contribution in [2.45, 2.75) is 72.6 Å². The van der Waals surface area contributed by atoms with Crippen LogP contribution in [0.4, 0.5) is 22.7 Å². The third kappa shape index (κ3) is 4.77. The highest BCUT2D eigenvalue weighted by atomic mass is 15.1. The number of anilines is 4. The molecule has 164 valence electrons. The van der Waals surface area contributed by atoms with Crippen molar-refractivity contribution >= 4 is 22.7 Å². The number of hydrogen-bond donors (Lipinski definition) is 1. The van der Waals surface area contributed by atoms with Gasteiger partial charge in [-0.15, -0.1) is 0 Å². The van der Waals surface area contributed by atoms with Crippen molar-refractivity contribution in [3.05, 3.63) is 47.5 Å². The van der Waals surface area contributed by atoms with Gasteiger partial charge in [0.1, 0.15) is 0 Å². The molecule has 0 aliphatic carbocycles. The van der Waals surface area contributed by atoms with Crippen molar-refractivity contribution in [2.24, 2.45) is 0 Å². The Hall–Kier alpha value is -2.16. The average Bonchev–Trinajstić information content (AvgIpc) is 2.77. The molecule has 3 rings (SSSR count). The lowest BCUT2D eigenvalue weighted by molar-refractivity contribution is 0.595. The summed E-state index contributed by atoms with van der Waals surface area (Å²) in [6.07, 6.45) is 6.50. The van der Waals surface area contributed by atoms with Crippen molar-refractivity contribution in [1.82, 2.24) is 0 Å². The Kier molecular flexibility index (Phi) is 8.07. The van der Waals surface area contributed by atoms with Gasteiger partial charge in [0.15, 0.2) is 0 Å². The summed E-state index contributed by atoms with van der Waals surface area (Å²) < 4.78 is 0. The molecule has 0 aromatic heterocycles. The average molecular weight is 408 g/mol. The smallest absolute Gasteiger partial charge is 0.0443 e. The zero-order valence-electron chi connectivity index (χ0n) is 19.8. The molecule has 3 nitrogen and oxygen atoms in total. The first-order valence-corrected chi connectivity index (χ1v) is 12.2. The lowest BCUT2D eigenvalue weighted by Crippen LogP contribution is -2.23. The third-order valence-electron chi connectivity index (χ3n) is 6.70. The van der Waals surface area contributed by atoms with Crippen molar-refractivity contribution < 1.29 is 0 Å². The summed E-state index contributed by atoms with van der Waals surface area (Å²) >= 11 is 0. The highest BCUT2D eigenvalue weighted by molar-refractivity contribution is 5.79. The first-order valence-electron chi connectivity index (χ1n) is 12.2. The molecule has 2 aromatic rings. The molecule has 0 radical (unpaired) electrons. The van der Waals surface area contributed by atoms with Crippen LogP contribution in [0, 0.1) is 0 Å². The van der Waals surface area contributed by atoms with Crippen LogP contribution >= 0.6 is 0 Å². The maximum Gasteiger partial charge on any atom is 0.0443 e. The molecule has 3 heteroatoms. The van der Waals surface area contributed by atoms with Crippen molar-refractivity contribution in [1.29, 1.82) is 0 Å². The zero-order valence-corrected chi connectivity index (χ0v) is 19.8. The molecule has 0 saturated carbocycles. The Morgan fingerprint density at radius 3 is 1.60 bits per heavy atom. The van der Waals surface area contributed by atoms with E-state index in [0.717, 1.165) is 26.2 Å². The van der Waals surface area contributed by atoms with E-state index in [9.17, 15) is 0 Å². The summed E-state index contributed by atoms with van der Waals surface area (Å²) in [5.74, 6) is 0.490. The molecule has 0 amide bonds. The molecule has 1 aliphatic heterocycles. The van der Waals surface area contributed by atoms with Gasteiger partial charge in [0, 0.05) is 54.8 Å². The first-order chi connectivity index (χ1) is 14.7. The molecule has 0 bridgehead atoms. The van der Waals surface area contributed by atoms with Crippen LogP contribution in [0.3, 0.4) is 0 Å². The van der Waals surface area contributed by atoms with Crippen LogP contribution in [0.5, 0.6) is 0 Å². The fraction of sp³-hybridized carbons (Fsp3) is 0.556. The number of nitrogens with one attached hydrogen (secondary N) is 1. The molecular formula is C27H41N3. The SMILES string of the molecule is CCCCCCC1c2ccc(N(CC)CC)cc2Nc2cc(N(CC)CC)ccc21. The van der Waals surface area contributed by atoms with Crippen LogP contribution in [0.25, 0.3) is 0 Å². The van der Waals surface area contributed by atoms with E-state index in [1.165, 1.54) is 66.0 Å². The standard InChI is InChI=1S/C27H41N3/c1-6-11-12-13-14-23-24-17-15-21(29(7-2)8-3)19-26(24)28-27-20-22(16-18-25(23)27)30(9-4)10-5/h15-20,23,28H,6-14H2,1-5H3. The number of fused-ring (bicyclic) bond motifs is 2. The van der Waals surface area contributed by atoms with E-state index in [1.807, 2.05) is 0 Å². The molecule has 30 heavy (non-hydrogen) atoms. The van der Waals surface area contributed by atoms with E-state index < -0.39 is 0 Å². The maximum absolute atomic E-state index is 3.81. The van der Waals surface area contributed by atoms with Crippen LogP contribution < -0.4 is 15.1 Å². The second-order valence-electron chi connectivity index (χ2n) is 8.41. The van der Waals surface area contributed by atoms with E-state index in [1.54, 1.807) is 0 Å². The number of nitrogens with zero attached hydrogens (tertiary/aromatic N) is 2. The Bertz CT molecular complexity index is 744. The number of rotatable bonds is 11. The number of hydrogen-bond acceptors (Lipinski definition) is 3. The van der Waals surface area contributed by atoms with Crippen LogP contribution in [0.15, 0.2) is 36.4 Å². The summed E-state index contributed by atoms with van der Waals surface area (Å²) in [5, 5.41) is 3.81. The first kappa shape index (κ1) is 22.5. The fourth-order valence-corrected chi connectivity index (χ4v) is 4.88. The minimum absolute atomic E-state index is 0.490. The van der Waals surface area contributed by atoms with Crippen molar-refractivity contribution in [3.63, 3.8) is 0 Å². The third-order valence-corrected chi connectivity index (χ3v) is 6.70. The molecule has 0 saturated heterocycles. The molecule has 0 spiro atoms. The number of unbranched alkanes of at least 4 members (excludes halogenated alkanes) is 3. The van der Waals surface area contributed by atoms with Crippen molar-refractivity contribution in [2.75, 3.05) is 41.3 Å². The van der Waals surface area contributed by atoms with E-state index in [2.05, 4.69) is 86.1 Å². The predicted molar refractivity (Wildman–Crippen MR) is 134 cm³/mol. The van der Waals surface area contributed by atoms with Gasteiger partial charge in [-0.1, -0.05) is 44.7 Å². The Morgan fingerprint density at radius 1 is 0.667 bits per heavy atom. The topological polar surface area (TPSA) is 18.5 Å². The van der Waals surface area contributed by atoms with E-state index in [0.29, 0.717) is 5.92 Å². The van der Waals surface area contributed by atoms with Gasteiger partial charge in [-0.25, -0.2) is 0 Å². The number of benzene rings is 2. The van der Waals surface area contributed by atoms with Crippen LogP contribution in [-0.2, 0) is 0 Å². The normalized spacial score (nSPS) is 12.8. The van der Waals surface area contributed by atoms with E-state index in [-0.39, 0.29) is 0 Å². The van der Waals surface area contributed by atoms with Crippen LogP contribution in [0.1, 0.15) is 83.8 Å². The molecule has 2 aromatic carbocycles. The monoisotopic (exact) mass is 407 g/mol. The predicted octanol–water partition coefficient (Wildman–Crippen LogP) is 7.54. The highest BCUT2D eigenvalue weighted by Crippen LogP contribution is 2.46. The van der Waals surface area contributed by atoms with Gasteiger partial charge in [0.2, 0.25) is 0 Å². The fourth-order valence-electron chi connectivity index (χ4n) is 4.88. The van der Waals surface area contributed by atoms with Crippen molar-refractivity contribution in [3.8, 4) is 0 Å². The molecule has 1 heterocycles. The van der Waals surface area contributed by atoms with E-state index in [4.69, 9.17) is 0 Å². The zero-order chi connectivity index (χ0) is 21.5. The van der Waals surface area contributed by atoms with Gasteiger partial charge in [-0.3, -0.25) is 0 Å². The molecule has 1 aliphatic rings. The summed E-state index contributed by atoms with van der Waals surface area (Å²) in [7, 11) is 0. The van der Waals surface area contributed by atoms with Crippen LogP contribution in [0.2, 0.25) is 0 Å². The lowest BCUT2D eigenvalue weighted by atomic mass is 9.82. The summed E-state index contributed by atoms with van der Waals surface area (Å²) in [5.41, 5.74) is 8.16. The minimum Gasteiger partial charge on any atom is -0.372 e. The van der Waals surface area contributed by atoms with Gasteiger partial charge < -0.3 is 15.1 Å². The van der Waals surface area contributed by atoms with Gasteiger partial charge in [0.05, 0.1) is 0 Å². The second-order valence-corrected chi connectivity index (χ2v) is 8.41. The van der Waals surface area contributed by atoms with E-state index >= 15 is 0 Å². The molecule has 0 atom stereocenters. The maximum atomic E-state index is 3.81. The lowest BCUT2D eigenvalue weighted by Gasteiger charge is -2.33. The minimum atomic E-state index is 0.490. The molecule has 0 fully saturated rings. The second kappa shape index (κ2) is 10.7. The summed E-state index contributed by atoms with van der Waals surface area (Å²) in [6, 6.07) is 14.1. The highest BCUT2D eigenvalue weighted by Gasteiger charge is 2.26. The summed E-state index contributed by atoms with van der Waals surface area (Å²) in [6.45, 7) is 15.4. The molecule has 1 N–H and O–H groups in total. The Balaban J connectivity index is 1.98. The van der Waals surface area contributed by atoms with Gasteiger partial charge in [0.25, 0.3) is 0 Å². The van der Waals surface area contributed by atoms with Gasteiger partial charge in [-0.05, 0) is 69.5 Å². The van der Waals surface area contributed by atoms with Gasteiger partial charge in [-0.2, -0.15) is 0 Å². The largest absolute Gasteiger partial charge is 0.372 e. The quantitative estimate of drug-likeness (QED) is 0.388. The van der Waals surface area contributed by atoms with Gasteiger partial charge >= 0.3 is 0 Å². The van der Waals surface area contributed by atoms with Crippen LogP contribution in [-0.4, -0.2) is 26.2 Å².